The molecular weight excluding hydrogens is 264 g/mol. The quantitative estimate of drug-likeness (QED) is 0.849. The first kappa shape index (κ1) is 15.0. The highest BCUT2D eigenvalue weighted by molar-refractivity contribution is 5.91. The van der Waals surface area contributed by atoms with Crippen molar-refractivity contribution in [2.75, 3.05) is 5.32 Å². The van der Waals surface area contributed by atoms with E-state index in [2.05, 4.69) is 19.2 Å². The van der Waals surface area contributed by atoms with Gasteiger partial charge in [-0.2, -0.15) is 4.57 Å². The van der Waals surface area contributed by atoms with Gasteiger partial charge < -0.3 is 10.4 Å². The maximum Gasteiger partial charge on any atom is 0.290 e. The van der Waals surface area contributed by atoms with Crippen LogP contribution in [0, 0.1) is 6.92 Å². The van der Waals surface area contributed by atoms with E-state index >= 15 is 0 Å². The van der Waals surface area contributed by atoms with E-state index in [4.69, 9.17) is 0 Å². The van der Waals surface area contributed by atoms with Crippen LogP contribution in [0.2, 0.25) is 0 Å². The van der Waals surface area contributed by atoms with Crippen molar-refractivity contribution in [1.82, 2.24) is 0 Å². The summed E-state index contributed by atoms with van der Waals surface area (Å²) < 4.78 is 1.65. The Hall–Kier alpha value is -2.36. The molecule has 110 valence electrons. The second-order valence-electron chi connectivity index (χ2n) is 5.48. The second-order valence-corrected chi connectivity index (χ2v) is 5.48. The first-order valence-corrected chi connectivity index (χ1v) is 7.05. The van der Waals surface area contributed by atoms with Crippen molar-refractivity contribution >= 4 is 11.6 Å². The molecule has 1 amide bonds. The summed E-state index contributed by atoms with van der Waals surface area (Å²) >= 11 is 0. The molecule has 0 unspecified atom stereocenters. The highest BCUT2D eigenvalue weighted by Gasteiger charge is 2.15. The molecule has 0 radical (unpaired) electrons. The largest absolute Gasteiger partial charge is 0.503 e. The summed E-state index contributed by atoms with van der Waals surface area (Å²) in [5.41, 5.74) is 3.07. The molecule has 0 spiro atoms. The molecule has 2 N–H and O–H groups in total. The first-order valence-electron chi connectivity index (χ1n) is 7.05. The summed E-state index contributed by atoms with van der Waals surface area (Å²) in [5.74, 6) is 0.375. The van der Waals surface area contributed by atoms with Crippen LogP contribution in [0.4, 0.5) is 5.69 Å². The Morgan fingerprint density at radius 3 is 2.71 bits per heavy atom. The molecule has 0 saturated carbocycles. The molecule has 0 saturated heterocycles. The lowest BCUT2D eigenvalue weighted by Gasteiger charge is -2.15. The number of benzene rings is 1. The molecule has 4 nitrogen and oxygen atoms in total. The summed E-state index contributed by atoms with van der Waals surface area (Å²) in [6.07, 6.45) is 3.28. The van der Waals surface area contributed by atoms with Crippen LogP contribution in [0.15, 0.2) is 42.7 Å². The van der Waals surface area contributed by atoms with Gasteiger partial charge in [-0.05, 0) is 30.0 Å². The number of aromatic hydroxyl groups is 1. The topological polar surface area (TPSA) is 53.2 Å². The Morgan fingerprint density at radius 1 is 1.29 bits per heavy atom. The lowest BCUT2D eigenvalue weighted by atomic mass is 9.98. The molecule has 0 aliphatic rings. The number of aromatic nitrogens is 1. The number of rotatable bonds is 4. The van der Waals surface area contributed by atoms with E-state index in [1.807, 2.05) is 25.1 Å². The van der Waals surface area contributed by atoms with Crippen LogP contribution >= 0.6 is 0 Å². The predicted octanol–water partition coefficient (Wildman–Crippen LogP) is 2.75. The van der Waals surface area contributed by atoms with Crippen molar-refractivity contribution in [3.63, 3.8) is 0 Å². The molecule has 2 aromatic rings. The lowest BCUT2D eigenvalue weighted by molar-refractivity contribution is -0.684. The zero-order valence-electron chi connectivity index (χ0n) is 12.6. The van der Waals surface area contributed by atoms with Crippen LogP contribution in [0.3, 0.4) is 0 Å². The molecule has 0 atom stereocenters. The molecule has 0 fully saturated rings. The summed E-state index contributed by atoms with van der Waals surface area (Å²) in [6, 6.07) is 9.31. The summed E-state index contributed by atoms with van der Waals surface area (Å²) in [5, 5.41) is 12.4. The van der Waals surface area contributed by atoms with Gasteiger partial charge in [0.1, 0.15) is 0 Å². The van der Waals surface area contributed by atoms with Crippen LogP contribution in [-0.2, 0) is 11.3 Å². The molecule has 0 aliphatic carbocycles. The number of amides is 1. The highest BCUT2D eigenvalue weighted by Crippen LogP contribution is 2.27. The van der Waals surface area contributed by atoms with Crippen molar-refractivity contribution in [2.24, 2.45) is 0 Å². The van der Waals surface area contributed by atoms with Crippen molar-refractivity contribution in [1.29, 1.82) is 0 Å². The van der Waals surface area contributed by atoms with E-state index in [1.54, 1.807) is 22.9 Å². The minimum atomic E-state index is -0.109. The SMILES string of the molecule is Cc1cccc(C(C)C)c1NC(=O)C[n+]1cccc(O)c1. The fraction of sp³-hybridized carbons (Fsp3) is 0.294. The Morgan fingerprint density at radius 2 is 2.05 bits per heavy atom. The number of para-hydroxylation sites is 1. The van der Waals surface area contributed by atoms with Gasteiger partial charge in [0.25, 0.3) is 5.91 Å². The lowest BCUT2D eigenvalue weighted by Crippen LogP contribution is -2.39. The van der Waals surface area contributed by atoms with Gasteiger partial charge in [0.05, 0.1) is 0 Å². The van der Waals surface area contributed by atoms with Crippen molar-refractivity contribution in [2.45, 2.75) is 33.2 Å². The van der Waals surface area contributed by atoms with Crippen LogP contribution in [0.5, 0.6) is 5.75 Å². The Kier molecular flexibility index (Phi) is 4.58. The number of pyridine rings is 1. The number of aryl methyl sites for hydroxylation is 1. The van der Waals surface area contributed by atoms with Gasteiger partial charge in [-0.1, -0.05) is 32.0 Å². The van der Waals surface area contributed by atoms with Gasteiger partial charge in [-0.3, -0.25) is 4.79 Å². The molecular formula is C17H21N2O2+. The summed E-state index contributed by atoms with van der Waals surface area (Å²) in [7, 11) is 0. The van der Waals surface area contributed by atoms with Crippen LogP contribution < -0.4 is 9.88 Å². The van der Waals surface area contributed by atoms with E-state index in [-0.39, 0.29) is 18.2 Å². The third-order valence-corrected chi connectivity index (χ3v) is 3.36. The second kappa shape index (κ2) is 6.39. The minimum Gasteiger partial charge on any atom is -0.503 e. The number of anilines is 1. The van der Waals surface area contributed by atoms with E-state index < -0.39 is 0 Å². The standard InChI is InChI=1S/C17H20N2O2/c1-12(2)15-8-4-6-13(3)17(15)18-16(21)11-19-9-5-7-14(20)10-19/h4-10,12H,11H2,1-3H3,(H-,18,20,21)/p+1. The normalized spacial score (nSPS) is 10.7. The maximum atomic E-state index is 12.2. The van der Waals surface area contributed by atoms with E-state index in [1.165, 1.54) is 6.20 Å². The number of hydrogen-bond donors (Lipinski definition) is 2. The zero-order chi connectivity index (χ0) is 15.4. The fourth-order valence-electron chi connectivity index (χ4n) is 2.29. The molecule has 21 heavy (non-hydrogen) atoms. The van der Waals surface area contributed by atoms with Gasteiger partial charge in [0.2, 0.25) is 12.7 Å². The minimum absolute atomic E-state index is 0.109. The van der Waals surface area contributed by atoms with Crippen molar-refractivity contribution < 1.29 is 14.5 Å². The van der Waals surface area contributed by atoms with Gasteiger partial charge in [-0.15, -0.1) is 0 Å². The van der Waals surface area contributed by atoms with Gasteiger partial charge >= 0.3 is 0 Å². The summed E-state index contributed by atoms with van der Waals surface area (Å²) in [6.45, 7) is 6.37. The molecule has 0 bridgehead atoms. The molecule has 0 aliphatic heterocycles. The van der Waals surface area contributed by atoms with Gasteiger partial charge in [-0.25, -0.2) is 0 Å². The monoisotopic (exact) mass is 285 g/mol. The Labute approximate surface area is 125 Å². The van der Waals surface area contributed by atoms with Crippen molar-refractivity contribution in [3.8, 4) is 5.75 Å². The average Bonchev–Trinajstić information content (AvgIpc) is 2.40. The van der Waals surface area contributed by atoms with Crippen molar-refractivity contribution in [3.05, 3.63) is 53.9 Å². The summed E-state index contributed by atoms with van der Waals surface area (Å²) in [4.78, 5) is 12.2. The molecule has 4 heteroatoms. The highest BCUT2D eigenvalue weighted by atomic mass is 16.3. The van der Waals surface area contributed by atoms with Gasteiger partial charge in [0, 0.05) is 11.8 Å². The number of nitrogens with zero attached hydrogens (tertiary/aromatic N) is 1. The molecule has 1 aromatic carbocycles. The van der Waals surface area contributed by atoms with E-state index in [0.717, 1.165) is 16.8 Å². The maximum absolute atomic E-state index is 12.2. The first-order chi connectivity index (χ1) is 9.97. The van der Waals surface area contributed by atoms with Crippen LogP contribution in [-0.4, -0.2) is 11.0 Å². The molecule has 1 heterocycles. The third-order valence-electron chi connectivity index (χ3n) is 3.36. The van der Waals surface area contributed by atoms with Gasteiger partial charge in [0.15, 0.2) is 11.9 Å². The molecule has 1 aromatic heterocycles. The average molecular weight is 285 g/mol. The fourth-order valence-corrected chi connectivity index (χ4v) is 2.29. The number of nitrogens with one attached hydrogen (secondary N) is 1. The van der Waals surface area contributed by atoms with E-state index in [0.29, 0.717) is 5.92 Å². The number of hydrogen-bond acceptors (Lipinski definition) is 2. The number of carbonyl (C=O) groups excluding carboxylic acids is 1. The molecule has 2 rings (SSSR count). The Bertz CT molecular complexity index is 651. The smallest absolute Gasteiger partial charge is 0.290 e. The zero-order valence-corrected chi connectivity index (χ0v) is 12.6. The van der Waals surface area contributed by atoms with Crippen LogP contribution in [0.1, 0.15) is 30.9 Å². The van der Waals surface area contributed by atoms with Crippen LogP contribution in [0.25, 0.3) is 0 Å². The third kappa shape index (κ3) is 3.81. The predicted molar refractivity (Wildman–Crippen MR) is 82.2 cm³/mol. The number of carbonyl (C=O) groups is 1. The Balaban J connectivity index is 2.17. The van der Waals surface area contributed by atoms with E-state index in [9.17, 15) is 9.90 Å².